The van der Waals surface area contributed by atoms with E-state index in [1.807, 2.05) is 17.1 Å². The van der Waals surface area contributed by atoms with E-state index in [-0.39, 0.29) is 0 Å². The molecule has 1 aromatic carbocycles. The van der Waals surface area contributed by atoms with E-state index < -0.39 is 0 Å². The fourth-order valence-electron chi connectivity index (χ4n) is 3.67. The molecule has 1 N–H and O–H groups in total. The van der Waals surface area contributed by atoms with Crippen LogP contribution in [0.15, 0.2) is 55.1 Å². The van der Waals surface area contributed by atoms with Crippen LogP contribution < -0.4 is 5.32 Å². The predicted octanol–water partition coefficient (Wildman–Crippen LogP) is 3.49. The highest BCUT2D eigenvalue weighted by Gasteiger charge is 2.41. The third kappa shape index (κ3) is 2.32. The molecule has 1 heterocycles. The van der Waals surface area contributed by atoms with Crippen molar-refractivity contribution in [2.45, 2.75) is 31.8 Å². The lowest BCUT2D eigenvalue weighted by Gasteiger charge is -2.42. The summed E-state index contributed by atoms with van der Waals surface area (Å²) in [4.78, 5) is 4.09. The van der Waals surface area contributed by atoms with Gasteiger partial charge in [0.1, 0.15) is 0 Å². The van der Waals surface area contributed by atoms with Gasteiger partial charge in [0.05, 0.1) is 6.33 Å². The van der Waals surface area contributed by atoms with Crippen LogP contribution in [0.1, 0.15) is 31.4 Å². The highest BCUT2D eigenvalue weighted by Crippen LogP contribution is 2.43. The molecule has 0 aliphatic heterocycles. The molecule has 2 aliphatic rings. The smallest absolute Gasteiger partial charge is 0.0991 e. The average molecular weight is 279 g/mol. The molecule has 0 amide bonds. The highest BCUT2D eigenvalue weighted by atomic mass is 15.0. The van der Waals surface area contributed by atoms with E-state index in [9.17, 15) is 0 Å². The summed E-state index contributed by atoms with van der Waals surface area (Å²) in [5.41, 5.74) is 2.51. The van der Waals surface area contributed by atoms with Crippen molar-refractivity contribution in [3.05, 3.63) is 60.7 Å². The van der Waals surface area contributed by atoms with E-state index in [2.05, 4.69) is 53.6 Å². The zero-order valence-electron chi connectivity index (χ0n) is 12.3. The van der Waals surface area contributed by atoms with Crippen molar-refractivity contribution in [2.24, 2.45) is 11.8 Å². The molecule has 4 atom stereocenters. The van der Waals surface area contributed by atoms with Crippen LogP contribution in [0.5, 0.6) is 0 Å². The Morgan fingerprint density at radius 2 is 2.14 bits per heavy atom. The fourth-order valence-corrected chi connectivity index (χ4v) is 3.67. The molecular weight excluding hydrogens is 258 g/mol. The summed E-state index contributed by atoms with van der Waals surface area (Å²) in [6.45, 7) is 2.26. The number of hydrogen-bond acceptors (Lipinski definition) is 2. The zero-order valence-corrected chi connectivity index (χ0v) is 12.3. The molecule has 0 saturated heterocycles. The first-order chi connectivity index (χ1) is 10.3. The Bertz CT molecular complexity index is 627. The number of fused-ring (bicyclic) bond motifs is 1. The monoisotopic (exact) mass is 279 g/mol. The summed E-state index contributed by atoms with van der Waals surface area (Å²) in [6.07, 6.45) is 13.0. The maximum Gasteiger partial charge on any atom is 0.0991 e. The van der Waals surface area contributed by atoms with Gasteiger partial charge in [-0.3, -0.25) is 0 Å². The molecule has 3 heteroatoms. The van der Waals surface area contributed by atoms with Crippen molar-refractivity contribution >= 4 is 0 Å². The predicted molar refractivity (Wildman–Crippen MR) is 84.3 cm³/mol. The first kappa shape index (κ1) is 12.8. The number of allylic oxidation sites excluding steroid dienone is 1. The maximum absolute atomic E-state index is 4.09. The van der Waals surface area contributed by atoms with Gasteiger partial charge in [0.2, 0.25) is 0 Å². The number of aromatic nitrogens is 2. The summed E-state index contributed by atoms with van der Waals surface area (Å²) < 4.78 is 2.03. The second-order valence-corrected chi connectivity index (χ2v) is 6.29. The van der Waals surface area contributed by atoms with Gasteiger partial charge in [0.25, 0.3) is 0 Å². The average Bonchev–Trinajstić information content (AvgIpc) is 3.14. The second-order valence-electron chi connectivity index (χ2n) is 6.29. The zero-order chi connectivity index (χ0) is 14.2. The van der Waals surface area contributed by atoms with Crippen LogP contribution >= 0.6 is 0 Å². The quantitative estimate of drug-likeness (QED) is 0.868. The van der Waals surface area contributed by atoms with Crippen LogP contribution in [-0.4, -0.2) is 15.6 Å². The SMILES string of the molecule is C[C@H](N[C@@H]1C[C@@H]2CC=C[C@H]21)c1ccc(-n2ccnc2)cc1. The summed E-state index contributed by atoms with van der Waals surface area (Å²) in [7, 11) is 0. The Kier molecular flexibility index (Phi) is 3.15. The van der Waals surface area contributed by atoms with Gasteiger partial charge in [0, 0.05) is 30.2 Å². The third-order valence-corrected chi connectivity index (χ3v) is 5.02. The Morgan fingerprint density at radius 1 is 1.29 bits per heavy atom. The topological polar surface area (TPSA) is 29.9 Å². The van der Waals surface area contributed by atoms with E-state index in [1.54, 1.807) is 6.20 Å². The Labute approximate surface area is 125 Å². The van der Waals surface area contributed by atoms with Gasteiger partial charge in [-0.25, -0.2) is 4.98 Å². The van der Waals surface area contributed by atoms with E-state index in [0.717, 1.165) is 17.5 Å². The van der Waals surface area contributed by atoms with E-state index in [1.165, 1.54) is 18.4 Å². The summed E-state index contributed by atoms with van der Waals surface area (Å²) in [5, 5.41) is 3.79. The molecule has 1 fully saturated rings. The van der Waals surface area contributed by atoms with Crippen LogP contribution in [0.4, 0.5) is 0 Å². The molecule has 2 aromatic rings. The van der Waals surface area contributed by atoms with Gasteiger partial charge in [-0.15, -0.1) is 0 Å². The molecule has 0 unspecified atom stereocenters. The van der Waals surface area contributed by atoms with Crippen molar-refractivity contribution in [3.8, 4) is 5.69 Å². The molecule has 0 bridgehead atoms. The van der Waals surface area contributed by atoms with Gasteiger partial charge in [0.15, 0.2) is 0 Å². The molecule has 2 aliphatic carbocycles. The summed E-state index contributed by atoms with van der Waals surface area (Å²) >= 11 is 0. The molecule has 0 radical (unpaired) electrons. The normalized spacial score (nSPS) is 28.1. The lowest BCUT2D eigenvalue weighted by molar-refractivity contribution is 0.152. The van der Waals surface area contributed by atoms with Crippen LogP contribution in [0.25, 0.3) is 5.69 Å². The third-order valence-electron chi connectivity index (χ3n) is 5.02. The molecule has 21 heavy (non-hydrogen) atoms. The van der Waals surface area contributed by atoms with E-state index in [0.29, 0.717) is 12.1 Å². The van der Waals surface area contributed by atoms with Crippen LogP contribution in [0, 0.1) is 11.8 Å². The van der Waals surface area contributed by atoms with Crippen molar-refractivity contribution in [2.75, 3.05) is 0 Å². The molecule has 1 aromatic heterocycles. The minimum atomic E-state index is 0.404. The first-order valence-electron chi connectivity index (χ1n) is 7.82. The van der Waals surface area contributed by atoms with E-state index in [4.69, 9.17) is 0 Å². The van der Waals surface area contributed by atoms with Gasteiger partial charge in [-0.1, -0.05) is 24.3 Å². The Hall–Kier alpha value is -1.87. The minimum Gasteiger partial charge on any atom is -0.307 e. The lowest BCUT2D eigenvalue weighted by atomic mass is 9.71. The van der Waals surface area contributed by atoms with Crippen molar-refractivity contribution in [1.82, 2.24) is 14.9 Å². The molecule has 3 nitrogen and oxygen atoms in total. The van der Waals surface area contributed by atoms with Crippen LogP contribution in [-0.2, 0) is 0 Å². The standard InChI is InChI=1S/C18H21N3/c1-13(20-18-11-15-3-2-4-17(15)18)14-5-7-16(8-6-14)21-10-9-19-12-21/h2,4-10,12-13,15,17-18,20H,3,11H2,1H3/t13-,15-,17+,18+/m0/s1. The van der Waals surface area contributed by atoms with Crippen LogP contribution in [0.2, 0.25) is 0 Å². The number of benzene rings is 1. The molecule has 0 spiro atoms. The van der Waals surface area contributed by atoms with E-state index >= 15 is 0 Å². The molecular formula is C18H21N3. The lowest BCUT2D eigenvalue weighted by Crippen LogP contribution is -2.48. The largest absolute Gasteiger partial charge is 0.307 e. The van der Waals surface area contributed by atoms with Crippen LogP contribution in [0.3, 0.4) is 0 Å². The fraction of sp³-hybridized carbons (Fsp3) is 0.389. The molecule has 108 valence electrons. The number of imidazole rings is 1. The minimum absolute atomic E-state index is 0.404. The second kappa shape index (κ2) is 5.15. The first-order valence-corrected chi connectivity index (χ1v) is 7.82. The van der Waals surface area contributed by atoms with Gasteiger partial charge in [-0.2, -0.15) is 0 Å². The maximum atomic E-state index is 4.09. The molecule has 4 rings (SSSR count). The van der Waals surface area contributed by atoms with Crippen molar-refractivity contribution in [3.63, 3.8) is 0 Å². The number of hydrogen-bond donors (Lipinski definition) is 1. The van der Waals surface area contributed by atoms with Crippen molar-refractivity contribution < 1.29 is 0 Å². The number of rotatable bonds is 4. The van der Waals surface area contributed by atoms with Gasteiger partial charge >= 0.3 is 0 Å². The summed E-state index contributed by atoms with van der Waals surface area (Å²) in [5.74, 6) is 1.69. The number of nitrogens with zero attached hydrogens (tertiary/aromatic N) is 2. The highest BCUT2D eigenvalue weighted by molar-refractivity contribution is 5.35. The van der Waals surface area contributed by atoms with Crippen molar-refractivity contribution in [1.29, 1.82) is 0 Å². The number of nitrogens with one attached hydrogen (secondary N) is 1. The molecule has 1 saturated carbocycles. The van der Waals surface area contributed by atoms with Gasteiger partial charge < -0.3 is 9.88 Å². The van der Waals surface area contributed by atoms with Gasteiger partial charge in [-0.05, 0) is 49.3 Å². The Balaban J connectivity index is 1.42. The Morgan fingerprint density at radius 3 is 2.86 bits per heavy atom. The summed E-state index contributed by atoms with van der Waals surface area (Å²) in [6, 6.07) is 9.82.